The Morgan fingerprint density at radius 2 is 1.72 bits per heavy atom. The monoisotopic (exact) mass is 254 g/mol. The third-order valence-electron chi connectivity index (χ3n) is 5.22. The highest BCUT2D eigenvalue weighted by Gasteiger charge is 2.42. The average Bonchev–Trinajstić information content (AvgIpc) is 2.39. The fourth-order valence-electron chi connectivity index (χ4n) is 3.73. The Morgan fingerprint density at radius 3 is 2.17 bits per heavy atom. The van der Waals surface area contributed by atoms with Crippen molar-refractivity contribution in [1.29, 1.82) is 0 Å². The van der Waals surface area contributed by atoms with Crippen LogP contribution in [0.1, 0.15) is 46.5 Å². The Morgan fingerprint density at radius 1 is 1.17 bits per heavy atom. The maximum absolute atomic E-state index is 9.92. The van der Waals surface area contributed by atoms with Crippen molar-refractivity contribution < 1.29 is 5.11 Å². The highest BCUT2D eigenvalue weighted by molar-refractivity contribution is 4.97. The second-order valence-electron chi connectivity index (χ2n) is 7.26. The first-order chi connectivity index (χ1) is 8.48. The highest BCUT2D eigenvalue weighted by Crippen LogP contribution is 2.43. The molecule has 1 heterocycles. The van der Waals surface area contributed by atoms with E-state index in [4.69, 9.17) is 0 Å². The van der Waals surface area contributed by atoms with Gasteiger partial charge in [-0.25, -0.2) is 0 Å². The number of nitrogens with one attached hydrogen (secondary N) is 1. The molecule has 3 nitrogen and oxygen atoms in total. The topological polar surface area (TPSA) is 35.5 Å². The van der Waals surface area contributed by atoms with Crippen LogP contribution >= 0.6 is 0 Å². The minimum Gasteiger partial charge on any atom is -0.394 e. The lowest BCUT2D eigenvalue weighted by Crippen LogP contribution is -2.59. The van der Waals surface area contributed by atoms with Crippen LogP contribution in [0.4, 0.5) is 0 Å². The molecule has 0 aromatic carbocycles. The van der Waals surface area contributed by atoms with E-state index in [0.29, 0.717) is 12.0 Å². The van der Waals surface area contributed by atoms with Crippen LogP contribution in [-0.4, -0.2) is 48.3 Å². The molecule has 0 amide bonds. The lowest BCUT2D eigenvalue weighted by molar-refractivity contribution is -0.0283. The zero-order chi connectivity index (χ0) is 13.2. The molecule has 0 radical (unpaired) electrons. The molecule has 1 aliphatic carbocycles. The summed E-state index contributed by atoms with van der Waals surface area (Å²) in [5, 5.41) is 13.3. The molecule has 3 heteroatoms. The van der Waals surface area contributed by atoms with E-state index in [1.807, 2.05) is 0 Å². The number of piperazine rings is 1. The maximum atomic E-state index is 9.92. The zero-order valence-electron chi connectivity index (χ0n) is 12.3. The van der Waals surface area contributed by atoms with Crippen LogP contribution in [0.25, 0.3) is 0 Å². The minimum atomic E-state index is 0.0872. The summed E-state index contributed by atoms with van der Waals surface area (Å²) in [6.45, 7) is 11.7. The van der Waals surface area contributed by atoms with Gasteiger partial charge < -0.3 is 10.4 Å². The molecule has 0 spiro atoms. The van der Waals surface area contributed by atoms with Gasteiger partial charge in [-0.15, -0.1) is 0 Å². The number of hydrogen-bond acceptors (Lipinski definition) is 3. The quantitative estimate of drug-likeness (QED) is 0.789. The largest absolute Gasteiger partial charge is 0.394 e. The molecular formula is C15H30N2O. The molecule has 2 N–H and O–H groups in total. The van der Waals surface area contributed by atoms with Gasteiger partial charge in [-0.05, 0) is 37.0 Å². The van der Waals surface area contributed by atoms with E-state index in [9.17, 15) is 5.11 Å². The maximum Gasteiger partial charge on any atom is 0.0615 e. The zero-order valence-corrected chi connectivity index (χ0v) is 12.3. The van der Waals surface area contributed by atoms with Crippen LogP contribution in [0.15, 0.2) is 0 Å². The van der Waals surface area contributed by atoms with Crippen LogP contribution in [0.2, 0.25) is 0 Å². The SMILES string of the molecule is CC(C)(C)C1CCC(CO)(N2CCNCC2)CC1. The van der Waals surface area contributed by atoms with Crippen LogP contribution < -0.4 is 5.32 Å². The third-order valence-corrected chi connectivity index (χ3v) is 5.22. The Kier molecular flexibility index (Phi) is 4.35. The summed E-state index contributed by atoms with van der Waals surface area (Å²) >= 11 is 0. The number of nitrogens with zero attached hydrogens (tertiary/aromatic N) is 1. The molecule has 0 unspecified atom stereocenters. The van der Waals surface area contributed by atoms with Gasteiger partial charge in [0.25, 0.3) is 0 Å². The summed E-state index contributed by atoms with van der Waals surface area (Å²) in [6.07, 6.45) is 4.89. The predicted octanol–water partition coefficient (Wildman–Crippen LogP) is 1.86. The molecule has 106 valence electrons. The third kappa shape index (κ3) is 2.89. The molecule has 2 aliphatic rings. The summed E-state index contributed by atoms with van der Waals surface area (Å²) in [5.41, 5.74) is 0.509. The van der Waals surface area contributed by atoms with E-state index in [-0.39, 0.29) is 5.54 Å². The standard InChI is InChI=1S/C15H30N2O/c1-14(2,3)13-4-6-15(12-18,7-5-13)17-10-8-16-9-11-17/h13,16,18H,4-12H2,1-3H3. The molecule has 18 heavy (non-hydrogen) atoms. The molecule has 0 aromatic rings. The molecular weight excluding hydrogens is 224 g/mol. The van der Waals surface area contributed by atoms with Gasteiger partial charge in [0, 0.05) is 31.7 Å². The summed E-state index contributed by atoms with van der Waals surface area (Å²) in [6, 6.07) is 0. The van der Waals surface area contributed by atoms with E-state index in [2.05, 4.69) is 31.0 Å². The Labute approximate surface area is 112 Å². The van der Waals surface area contributed by atoms with E-state index in [0.717, 1.165) is 32.1 Å². The van der Waals surface area contributed by atoms with Crippen LogP contribution in [0.5, 0.6) is 0 Å². The van der Waals surface area contributed by atoms with E-state index >= 15 is 0 Å². The lowest BCUT2D eigenvalue weighted by Gasteiger charge is -2.50. The highest BCUT2D eigenvalue weighted by atomic mass is 16.3. The second kappa shape index (κ2) is 5.48. The molecule has 0 atom stereocenters. The smallest absolute Gasteiger partial charge is 0.0615 e. The second-order valence-corrected chi connectivity index (χ2v) is 7.26. The summed E-state index contributed by atoms with van der Waals surface area (Å²) in [7, 11) is 0. The molecule has 0 aromatic heterocycles. The fraction of sp³-hybridized carbons (Fsp3) is 1.00. The first-order valence-corrected chi connectivity index (χ1v) is 7.55. The summed E-state index contributed by atoms with van der Waals surface area (Å²) in [5.74, 6) is 0.820. The number of hydrogen-bond donors (Lipinski definition) is 2. The molecule has 1 saturated carbocycles. The van der Waals surface area contributed by atoms with Gasteiger partial charge in [-0.1, -0.05) is 20.8 Å². The van der Waals surface area contributed by atoms with Crippen LogP contribution in [0, 0.1) is 11.3 Å². The van der Waals surface area contributed by atoms with Crippen molar-refractivity contribution in [2.45, 2.75) is 52.0 Å². The Bertz CT molecular complexity index is 258. The lowest BCUT2D eigenvalue weighted by atomic mass is 9.67. The van der Waals surface area contributed by atoms with E-state index < -0.39 is 0 Å². The summed E-state index contributed by atoms with van der Waals surface area (Å²) in [4.78, 5) is 2.54. The normalized spacial score (nSPS) is 35.7. The van der Waals surface area contributed by atoms with Crippen molar-refractivity contribution in [2.24, 2.45) is 11.3 Å². The number of aliphatic hydroxyl groups excluding tert-OH is 1. The van der Waals surface area contributed by atoms with Crippen LogP contribution in [-0.2, 0) is 0 Å². The molecule has 2 fully saturated rings. The van der Waals surface area contributed by atoms with Gasteiger partial charge in [0.15, 0.2) is 0 Å². The van der Waals surface area contributed by atoms with Gasteiger partial charge >= 0.3 is 0 Å². The van der Waals surface area contributed by atoms with Crippen molar-refractivity contribution in [1.82, 2.24) is 10.2 Å². The summed E-state index contributed by atoms with van der Waals surface area (Å²) < 4.78 is 0. The van der Waals surface area contributed by atoms with Gasteiger partial charge in [0.2, 0.25) is 0 Å². The number of rotatable bonds is 2. The predicted molar refractivity (Wildman–Crippen MR) is 75.7 cm³/mol. The molecule has 1 aliphatic heterocycles. The van der Waals surface area contributed by atoms with E-state index in [1.165, 1.54) is 25.7 Å². The first-order valence-electron chi connectivity index (χ1n) is 7.55. The Balaban J connectivity index is 1.99. The first kappa shape index (κ1) is 14.3. The van der Waals surface area contributed by atoms with Gasteiger partial charge in [0.1, 0.15) is 0 Å². The van der Waals surface area contributed by atoms with Crippen molar-refractivity contribution >= 4 is 0 Å². The van der Waals surface area contributed by atoms with Crippen molar-refractivity contribution in [3.8, 4) is 0 Å². The van der Waals surface area contributed by atoms with Gasteiger partial charge in [-0.3, -0.25) is 4.90 Å². The minimum absolute atomic E-state index is 0.0872. The van der Waals surface area contributed by atoms with Crippen molar-refractivity contribution in [2.75, 3.05) is 32.8 Å². The number of aliphatic hydroxyl groups is 1. The fourth-order valence-corrected chi connectivity index (χ4v) is 3.73. The average molecular weight is 254 g/mol. The molecule has 0 bridgehead atoms. The van der Waals surface area contributed by atoms with E-state index in [1.54, 1.807) is 0 Å². The van der Waals surface area contributed by atoms with Crippen LogP contribution in [0.3, 0.4) is 0 Å². The Hall–Kier alpha value is -0.120. The van der Waals surface area contributed by atoms with Crippen molar-refractivity contribution in [3.63, 3.8) is 0 Å². The van der Waals surface area contributed by atoms with Gasteiger partial charge in [-0.2, -0.15) is 0 Å². The molecule has 2 rings (SSSR count). The molecule has 1 saturated heterocycles. The van der Waals surface area contributed by atoms with Crippen molar-refractivity contribution in [3.05, 3.63) is 0 Å². The van der Waals surface area contributed by atoms with Gasteiger partial charge in [0.05, 0.1) is 6.61 Å².